The number of hydrogen-bond acceptors (Lipinski definition) is 4. The van der Waals surface area contributed by atoms with Crippen LogP contribution < -0.4 is 0 Å². The van der Waals surface area contributed by atoms with Crippen molar-refractivity contribution in [1.29, 1.82) is 0 Å². The molecule has 6 rings (SSSR count). The van der Waals surface area contributed by atoms with E-state index in [1.54, 1.807) is 7.11 Å². The molecular formula is C39H47N2O3+. The molecule has 1 aliphatic carbocycles. The summed E-state index contributed by atoms with van der Waals surface area (Å²) in [4.78, 5) is 16.5. The Balaban J connectivity index is 1.52. The highest BCUT2D eigenvalue weighted by molar-refractivity contribution is 5.95. The zero-order chi connectivity index (χ0) is 31.6. The number of aliphatic hydroxyl groups is 1. The van der Waals surface area contributed by atoms with Gasteiger partial charge in [0.25, 0.3) is 0 Å². The number of benzene rings is 2. The normalized spacial score (nSPS) is 28.5. The summed E-state index contributed by atoms with van der Waals surface area (Å²) in [7, 11) is 3.68. The van der Waals surface area contributed by atoms with Crippen molar-refractivity contribution in [2.24, 2.45) is 22.7 Å². The number of ketones is 1. The molecule has 2 aromatic rings. The largest absolute Gasteiger partial charge is 0.388 e. The summed E-state index contributed by atoms with van der Waals surface area (Å²) >= 11 is 0. The van der Waals surface area contributed by atoms with Crippen LogP contribution in [0.2, 0.25) is 0 Å². The van der Waals surface area contributed by atoms with Gasteiger partial charge in [-0.25, -0.2) is 0 Å². The molecule has 0 radical (unpaired) electrons. The molecular weight excluding hydrogens is 544 g/mol. The van der Waals surface area contributed by atoms with E-state index in [9.17, 15) is 9.90 Å². The third-order valence-corrected chi connectivity index (χ3v) is 9.79. The predicted molar refractivity (Wildman–Crippen MR) is 177 cm³/mol. The summed E-state index contributed by atoms with van der Waals surface area (Å²) in [5, 5.41) is 12.2. The average Bonchev–Trinajstić information content (AvgIpc) is 3.71. The van der Waals surface area contributed by atoms with Gasteiger partial charge in [-0.05, 0) is 23.3 Å². The number of nitrogens with zero attached hydrogens (tertiary/aromatic N) is 2. The molecule has 3 heterocycles. The van der Waals surface area contributed by atoms with E-state index in [1.807, 2.05) is 24.3 Å². The second kappa shape index (κ2) is 10.8. The Kier molecular flexibility index (Phi) is 7.51. The molecule has 0 aromatic heterocycles. The van der Waals surface area contributed by atoms with Crippen LogP contribution in [0.5, 0.6) is 0 Å². The summed E-state index contributed by atoms with van der Waals surface area (Å²) in [5.41, 5.74) is 8.28. The van der Waals surface area contributed by atoms with Crippen molar-refractivity contribution in [3.63, 3.8) is 0 Å². The first kappa shape index (κ1) is 30.5. The molecule has 1 saturated heterocycles. The van der Waals surface area contributed by atoms with E-state index in [0.29, 0.717) is 5.57 Å². The molecule has 0 amide bonds. The van der Waals surface area contributed by atoms with Gasteiger partial charge in [0, 0.05) is 65.6 Å². The van der Waals surface area contributed by atoms with Crippen LogP contribution in [0.25, 0.3) is 11.4 Å². The lowest BCUT2D eigenvalue weighted by atomic mass is 9.79. The maximum atomic E-state index is 14.3. The molecule has 4 atom stereocenters. The third-order valence-electron chi connectivity index (χ3n) is 9.79. The predicted octanol–water partition coefficient (Wildman–Crippen LogP) is 7.21. The fourth-order valence-corrected chi connectivity index (χ4v) is 7.68. The van der Waals surface area contributed by atoms with Gasteiger partial charge in [0.15, 0.2) is 5.78 Å². The minimum absolute atomic E-state index is 0.0632. The molecule has 4 unspecified atom stereocenters. The van der Waals surface area contributed by atoms with Crippen molar-refractivity contribution in [2.75, 3.05) is 27.2 Å². The fourth-order valence-electron chi connectivity index (χ4n) is 7.68. The lowest BCUT2D eigenvalue weighted by molar-refractivity contribution is -0.685. The topological polar surface area (TPSA) is 49.8 Å². The lowest BCUT2D eigenvalue weighted by Crippen LogP contribution is -2.35. The number of hydrogen-bond donors (Lipinski definition) is 1. The number of carbonyl (C=O) groups is 1. The fraction of sp³-hybridized carbons (Fsp3) is 0.410. The van der Waals surface area contributed by atoms with Gasteiger partial charge >= 0.3 is 0 Å². The van der Waals surface area contributed by atoms with Crippen LogP contribution in [0.15, 0.2) is 108 Å². The van der Waals surface area contributed by atoms with Gasteiger partial charge in [0.05, 0.1) is 12.0 Å². The second-order valence-electron chi connectivity index (χ2n) is 14.8. The number of allylic oxidation sites excluding steroid dienone is 7. The van der Waals surface area contributed by atoms with Gasteiger partial charge < -0.3 is 14.7 Å². The molecule has 3 aliphatic heterocycles. The van der Waals surface area contributed by atoms with Gasteiger partial charge in [0.1, 0.15) is 30.6 Å². The SMILES string of the molecule is COC1C(=O)C(C2C=C(c3ccccc3)N(C)C(C(C)(C)C)=C2)C(O)/C1=C1/C=C(c2ccccc2)[N+]2(CC2)C(C(C)(C)C)=C1. The highest BCUT2D eigenvalue weighted by atomic mass is 16.5. The van der Waals surface area contributed by atoms with E-state index >= 15 is 0 Å². The number of quaternary nitrogens is 1. The van der Waals surface area contributed by atoms with Crippen molar-refractivity contribution in [3.8, 4) is 0 Å². The molecule has 1 N–H and O–H groups in total. The van der Waals surface area contributed by atoms with Crippen molar-refractivity contribution in [2.45, 2.75) is 53.8 Å². The summed E-state index contributed by atoms with van der Waals surface area (Å²) < 4.78 is 6.78. The Morgan fingerprint density at radius 3 is 1.95 bits per heavy atom. The van der Waals surface area contributed by atoms with Crippen LogP contribution >= 0.6 is 0 Å². The van der Waals surface area contributed by atoms with Gasteiger partial charge in [-0.1, -0.05) is 102 Å². The van der Waals surface area contributed by atoms with E-state index in [4.69, 9.17) is 4.74 Å². The molecule has 0 bridgehead atoms. The average molecular weight is 592 g/mol. The summed E-state index contributed by atoms with van der Waals surface area (Å²) in [5.74, 6) is -1.00. The van der Waals surface area contributed by atoms with Crippen LogP contribution in [0.1, 0.15) is 52.7 Å². The minimum atomic E-state index is -0.979. The Morgan fingerprint density at radius 2 is 1.43 bits per heavy atom. The van der Waals surface area contributed by atoms with Crippen LogP contribution in [0.4, 0.5) is 0 Å². The molecule has 1 saturated carbocycles. The van der Waals surface area contributed by atoms with Gasteiger partial charge in [-0.15, -0.1) is 0 Å². The summed E-state index contributed by atoms with van der Waals surface area (Å²) in [6, 6.07) is 20.8. The van der Waals surface area contributed by atoms with Crippen LogP contribution in [0, 0.1) is 22.7 Å². The maximum Gasteiger partial charge on any atom is 0.172 e. The zero-order valence-electron chi connectivity index (χ0n) is 27.5. The van der Waals surface area contributed by atoms with Crippen molar-refractivity contribution >= 4 is 17.2 Å². The number of Topliss-reactive ketones (excluding diaryl/α,β-unsaturated/α-hetero) is 1. The number of rotatable bonds is 4. The van der Waals surface area contributed by atoms with Gasteiger partial charge in [0.2, 0.25) is 0 Å². The summed E-state index contributed by atoms with van der Waals surface area (Å²) in [6.45, 7) is 15.5. The Labute approximate surface area is 263 Å². The highest BCUT2D eigenvalue weighted by Crippen LogP contribution is 2.53. The standard InChI is InChI=1S/C39H47N2O3/c1-38(2,3)31-23-27(21-29(40(31)7)25-15-11-9-12-16-25)33-35(42)34(37(44-8)36(33)43)28-22-30(26-17-13-10-14-18-26)41(19-20-41)32(24-28)39(4,5)6/h9-18,21-24,27,33,35,37,42H,19-20H2,1-8H3/q+1/b34-28+. The first-order valence-corrected chi connectivity index (χ1v) is 15.9. The van der Waals surface area contributed by atoms with Crippen molar-refractivity contribution in [1.82, 2.24) is 4.90 Å². The van der Waals surface area contributed by atoms with Crippen molar-refractivity contribution in [3.05, 3.63) is 119 Å². The third kappa shape index (κ3) is 5.05. The molecule has 5 heteroatoms. The van der Waals surface area contributed by atoms with Crippen LogP contribution in [-0.4, -0.2) is 59.7 Å². The Hall–Kier alpha value is -3.51. The molecule has 230 valence electrons. The van der Waals surface area contributed by atoms with E-state index in [2.05, 4.69) is 114 Å². The minimum Gasteiger partial charge on any atom is -0.388 e. The van der Waals surface area contributed by atoms with E-state index < -0.39 is 18.1 Å². The number of aliphatic hydroxyl groups excluding tert-OH is 1. The molecule has 4 aliphatic rings. The van der Waals surface area contributed by atoms with E-state index in [0.717, 1.165) is 40.1 Å². The quantitative estimate of drug-likeness (QED) is 0.302. The highest BCUT2D eigenvalue weighted by Gasteiger charge is 2.57. The van der Waals surface area contributed by atoms with Gasteiger partial charge in [-0.3, -0.25) is 9.28 Å². The molecule has 5 nitrogen and oxygen atoms in total. The zero-order valence-corrected chi connectivity index (χ0v) is 27.5. The maximum absolute atomic E-state index is 14.3. The second-order valence-corrected chi connectivity index (χ2v) is 14.8. The van der Waals surface area contributed by atoms with Crippen LogP contribution in [0.3, 0.4) is 0 Å². The van der Waals surface area contributed by atoms with E-state index in [1.165, 1.54) is 17.0 Å². The lowest BCUT2D eigenvalue weighted by Gasteiger charge is -2.39. The molecule has 1 spiro atoms. The smallest absolute Gasteiger partial charge is 0.172 e. The molecule has 2 fully saturated rings. The molecule has 44 heavy (non-hydrogen) atoms. The Morgan fingerprint density at radius 1 is 0.841 bits per heavy atom. The summed E-state index contributed by atoms with van der Waals surface area (Å²) in [6.07, 6.45) is 7.03. The molecule has 2 aromatic carbocycles. The monoisotopic (exact) mass is 591 g/mol. The van der Waals surface area contributed by atoms with Crippen molar-refractivity contribution < 1.29 is 19.1 Å². The number of ether oxygens (including phenoxy) is 1. The van der Waals surface area contributed by atoms with E-state index in [-0.39, 0.29) is 22.5 Å². The number of carbonyl (C=O) groups excluding carboxylic acids is 1. The first-order chi connectivity index (χ1) is 20.8. The number of methoxy groups -OCH3 is 1. The van der Waals surface area contributed by atoms with Crippen LogP contribution in [-0.2, 0) is 9.53 Å². The first-order valence-electron chi connectivity index (χ1n) is 15.9. The van der Waals surface area contributed by atoms with Gasteiger partial charge in [-0.2, -0.15) is 0 Å². The Bertz CT molecular complexity index is 1610.